The van der Waals surface area contributed by atoms with E-state index in [1.807, 2.05) is 18.5 Å². The zero-order chi connectivity index (χ0) is 12.6. The van der Waals surface area contributed by atoms with Crippen molar-refractivity contribution in [2.24, 2.45) is 0 Å². The Labute approximate surface area is 118 Å². The smallest absolute Gasteiger partial charge is 0.141 e. The van der Waals surface area contributed by atoms with Crippen molar-refractivity contribution in [2.45, 2.75) is 20.4 Å². The normalized spacial score (nSPS) is 10.9. The molecule has 0 aliphatic carbocycles. The van der Waals surface area contributed by atoms with Gasteiger partial charge in [-0.15, -0.1) is 0 Å². The van der Waals surface area contributed by atoms with Crippen LogP contribution in [0.15, 0.2) is 18.2 Å². The minimum absolute atomic E-state index is 0.152. The van der Waals surface area contributed by atoms with E-state index in [0.29, 0.717) is 6.54 Å². The van der Waals surface area contributed by atoms with E-state index in [-0.39, 0.29) is 5.02 Å². The third kappa shape index (κ3) is 2.63. The molecule has 1 aromatic carbocycles. The van der Waals surface area contributed by atoms with Gasteiger partial charge in [0, 0.05) is 5.69 Å². The summed E-state index contributed by atoms with van der Waals surface area (Å²) in [5, 5.41) is 4.58. The van der Waals surface area contributed by atoms with Crippen molar-refractivity contribution in [1.29, 1.82) is 0 Å². The van der Waals surface area contributed by atoms with E-state index in [2.05, 4.69) is 27.7 Å². The van der Waals surface area contributed by atoms with Crippen LogP contribution in [0.5, 0.6) is 0 Å². The zero-order valence-corrected chi connectivity index (χ0v) is 12.4. The Bertz CT molecular complexity index is 566. The predicted molar refractivity (Wildman–Crippen MR) is 74.9 cm³/mol. The highest BCUT2D eigenvalue weighted by Crippen LogP contribution is 2.19. The fourth-order valence-electron chi connectivity index (χ4n) is 1.64. The van der Waals surface area contributed by atoms with Gasteiger partial charge in [-0.2, -0.15) is 5.10 Å². The minimum atomic E-state index is -0.390. The van der Waals surface area contributed by atoms with Gasteiger partial charge in [-0.3, -0.25) is 4.68 Å². The second-order valence-electron chi connectivity index (χ2n) is 3.89. The molecular formula is C12H11ClFIN2. The van der Waals surface area contributed by atoms with Crippen LogP contribution in [-0.2, 0) is 6.54 Å². The summed E-state index contributed by atoms with van der Waals surface area (Å²) in [4.78, 5) is 0. The van der Waals surface area contributed by atoms with Gasteiger partial charge in [-0.25, -0.2) is 4.39 Å². The van der Waals surface area contributed by atoms with E-state index < -0.39 is 5.82 Å². The van der Waals surface area contributed by atoms with Gasteiger partial charge in [-0.05, 0) is 54.1 Å². The number of benzene rings is 1. The molecule has 0 spiro atoms. The Morgan fingerprint density at radius 3 is 2.65 bits per heavy atom. The molecule has 0 aliphatic heterocycles. The molecule has 0 unspecified atom stereocenters. The van der Waals surface area contributed by atoms with Crippen LogP contribution in [0.4, 0.5) is 4.39 Å². The van der Waals surface area contributed by atoms with Gasteiger partial charge in [0.05, 0.1) is 20.8 Å². The van der Waals surface area contributed by atoms with Crippen LogP contribution in [0.3, 0.4) is 0 Å². The highest BCUT2D eigenvalue weighted by molar-refractivity contribution is 14.1. The molecule has 5 heteroatoms. The van der Waals surface area contributed by atoms with E-state index >= 15 is 0 Å². The summed E-state index contributed by atoms with van der Waals surface area (Å²) in [6.45, 7) is 4.60. The van der Waals surface area contributed by atoms with Crippen LogP contribution in [0.25, 0.3) is 0 Å². The maximum atomic E-state index is 13.0. The Morgan fingerprint density at radius 1 is 1.41 bits per heavy atom. The lowest BCUT2D eigenvalue weighted by Gasteiger charge is -2.05. The first-order valence-electron chi connectivity index (χ1n) is 5.12. The van der Waals surface area contributed by atoms with Crippen molar-refractivity contribution in [2.75, 3.05) is 0 Å². The first-order chi connectivity index (χ1) is 7.99. The second kappa shape index (κ2) is 4.94. The van der Waals surface area contributed by atoms with E-state index in [1.54, 1.807) is 12.1 Å². The monoisotopic (exact) mass is 364 g/mol. The average Bonchev–Trinajstić information content (AvgIpc) is 2.52. The van der Waals surface area contributed by atoms with Crippen LogP contribution in [0.2, 0.25) is 5.02 Å². The molecule has 2 rings (SSSR count). The maximum Gasteiger partial charge on any atom is 0.141 e. The minimum Gasteiger partial charge on any atom is -0.264 e. The Hall–Kier alpha value is -0.620. The van der Waals surface area contributed by atoms with Gasteiger partial charge in [0.15, 0.2) is 0 Å². The van der Waals surface area contributed by atoms with Gasteiger partial charge in [0.25, 0.3) is 0 Å². The molecule has 0 bridgehead atoms. The molecule has 17 heavy (non-hydrogen) atoms. The van der Waals surface area contributed by atoms with Gasteiger partial charge < -0.3 is 0 Å². The number of rotatable bonds is 2. The summed E-state index contributed by atoms with van der Waals surface area (Å²) >= 11 is 8.03. The SMILES string of the molecule is Cc1nn(Cc2ccc(F)c(Cl)c2)c(C)c1I. The lowest BCUT2D eigenvalue weighted by atomic mass is 10.2. The number of halogens is 3. The van der Waals surface area contributed by atoms with Crippen molar-refractivity contribution in [3.63, 3.8) is 0 Å². The molecule has 0 amide bonds. The third-order valence-electron chi connectivity index (χ3n) is 2.61. The summed E-state index contributed by atoms with van der Waals surface area (Å²) in [6, 6.07) is 4.75. The fourth-order valence-corrected chi connectivity index (χ4v) is 2.23. The summed E-state index contributed by atoms with van der Waals surface area (Å²) in [7, 11) is 0. The Balaban J connectivity index is 2.31. The lowest BCUT2D eigenvalue weighted by molar-refractivity contribution is 0.623. The molecule has 1 heterocycles. The maximum absolute atomic E-state index is 13.0. The van der Waals surface area contributed by atoms with Crippen LogP contribution >= 0.6 is 34.2 Å². The molecule has 2 nitrogen and oxygen atoms in total. The van der Waals surface area contributed by atoms with E-state index in [4.69, 9.17) is 11.6 Å². The molecule has 0 saturated carbocycles. The van der Waals surface area contributed by atoms with Gasteiger partial charge >= 0.3 is 0 Å². The number of aryl methyl sites for hydroxylation is 1. The van der Waals surface area contributed by atoms with E-state index in [1.165, 1.54) is 6.07 Å². The first kappa shape index (κ1) is 12.8. The van der Waals surface area contributed by atoms with Crippen LogP contribution in [0, 0.1) is 23.2 Å². The second-order valence-corrected chi connectivity index (χ2v) is 5.38. The van der Waals surface area contributed by atoms with E-state index in [9.17, 15) is 4.39 Å². The molecule has 90 valence electrons. The predicted octanol–water partition coefficient (Wildman–Crippen LogP) is 3.95. The average molecular weight is 365 g/mol. The largest absolute Gasteiger partial charge is 0.264 e. The highest BCUT2D eigenvalue weighted by Gasteiger charge is 2.09. The summed E-state index contributed by atoms with van der Waals surface area (Å²) in [5.74, 6) is -0.390. The molecule has 1 aromatic heterocycles. The quantitative estimate of drug-likeness (QED) is 0.738. The molecule has 0 aliphatic rings. The number of hydrogen-bond donors (Lipinski definition) is 0. The van der Waals surface area contributed by atoms with Crippen molar-refractivity contribution in [1.82, 2.24) is 9.78 Å². The number of aromatic nitrogens is 2. The molecule has 0 N–H and O–H groups in total. The molecule has 0 saturated heterocycles. The molecule has 0 fully saturated rings. The molecule has 0 radical (unpaired) electrons. The van der Waals surface area contributed by atoms with Gasteiger partial charge in [-0.1, -0.05) is 17.7 Å². The van der Waals surface area contributed by atoms with Gasteiger partial charge in [0.2, 0.25) is 0 Å². The van der Waals surface area contributed by atoms with E-state index in [0.717, 1.165) is 20.5 Å². The highest BCUT2D eigenvalue weighted by atomic mass is 127. The summed E-state index contributed by atoms with van der Waals surface area (Å²) < 4.78 is 16.1. The van der Waals surface area contributed by atoms with Crippen molar-refractivity contribution in [3.8, 4) is 0 Å². The topological polar surface area (TPSA) is 17.8 Å². The Morgan fingerprint density at radius 2 is 2.12 bits per heavy atom. The number of hydrogen-bond acceptors (Lipinski definition) is 1. The van der Waals surface area contributed by atoms with Gasteiger partial charge in [0.1, 0.15) is 5.82 Å². The molecule has 2 aromatic rings. The molecule has 0 atom stereocenters. The lowest BCUT2D eigenvalue weighted by Crippen LogP contribution is -2.04. The van der Waals surface area contributed by atoms with Crippen LogP contribution < -0.4 is 0 Å². The standard InChI is InChI=1S/C12H11ClFIN2/c1-7-12(15)8(2)17(16-7)6-9-3-4-11(14)10(13)5-9/h3-5H,6H2,1-2H3. The van der Waals surface area contributed by atoms with Crippen molar-refractivity contribution >= 4 is 34.2 Å². The zero-order valence-electron chi connectivity index (χ0n) is 9.47. The third-order valence-corrected chi connectivity index (χ3v) is 4.46. The van der Waals surface area contributed by atoms with Crippen LogP contribution in [0.1, 0.15) is 17.0 Å². The summed E-state index contributed by atoms with van der Waals surface area (Å²) in [6.07, 6.45) is 0. The fraction of sp³-hybridized carbons (Fsp3) is 0.250. The summed E-state index contributed by atoms with van der Waals surface area (Å²) in [5.41, 5.74) is 3.07. The van der Waals surface area contributed by atoms with Crippen LogP contribution in [-0.4, -0.2) is 9.78 Å². The Kier molecular flexibility index (Phi) is 3.73. The number of nitrogens with zero attached hydrogens (tertiary/aromatic N) is 2. The molecular weight excluding hydrogens is 354 g/mol. The van der Waals surface area contributed by atoms with Crippen molar-refractivity contribution in [3.05, 3.63) is 49.6 Å². The van der Waals surface area contributed by atoms with Crippen molar-refractivity contribution < 1.29 is 4.39 Å². The first-order valence-corrected chi connectivity index (χ1v) is 6.58.